The third kappa shape index (κ3) is 11.9. The summed E-state index contributed by atoms with van der Waals surface area (Å²) in [7, 11) is 0. The van der Waals surface area contributed by atoms with Crippen LogP contribution in [-0.2, 0) is 24.0 Å². The maximum Gasteiger partial charge on any atom is 0.412 e. The minimum atomic E-state index is -4.60. The summed E-state index contributed by atoms with van der Waals surface area (Å²) >= 11 is 0. The van der Waals surface area contributed by atoms with Gasteiger partial charge in [0.25, 0.3) is 0 Å². The summed E-state index contributed by atoms with van der Waals surface area (Å²) < 4.78 is 37.2. The zero-order chi connectivity index (χ0) is 25.1. The molecule has 4 amide bonds. The highest BCUT2D eigenvalue weighted by Gasteiger charge is 2.30. The van der Waals surface area contributed by atoms with Gasteiger partial charge in [-0.2, -0.15) is 13.2 Å². The van der Waals surface area contributed by atoms with Crippen molar-refractivity contribution < 1.29 is 42.3 Å². The van der Waals surface area contributed by atoms with Gasteiger partial charge in [0.05, 0.1) is 0 Å². The Labute approximate surface area is 183 Å². The van der Waals surface area contributed by atoms with Crippen molar-refractivity contribution in [3.05, 3.63) is 11.6 Å². The minimum Gasteiger partial charge on any atom is -0.480 e. The Balaban J connectivity index is 4.84. The first-order chi connectivity index (χ1) is 14.6. The summed E-state index contributed by atoms with van der Waals surface area (Å²) in [5.41, 5.74) is -1.05. The van der Waals surface area contributed by atoms with E-state index in [9.17, 15) is 37.1 Å². The van der Waals surface area contributed by atoms with Gasteiger partial charge in [0, 0.05) is 25.1 Å². The Hall–Kier alpha value is -3.12. The largest absolute Gasteiger partial charge is 0.480 e. The summed E-state index contributed by atoms with van der Waals surface area (Å²) in [6, 6.07) is -3.27. The molecule has 0 spiro atoms. The standard InChI is InChI=1S/C19H29F3N4O6/c1-10(19(20,21)22)9-15(28)23-8-6-5-7-14(17(30)25-12(3)18(31)32)26-16(29)11(2)24-13(4)27/h9,11-12,14H,5-8H2,1-4H3,(H,23,28)(H,24,27)(H,25,30)(H,26,29)(H,31,32)/b10-9-/t11-,12-,14-/m0/s1. The van der Waals surface area contributed by atoms with E-state index in [1.165, 1.54) is 20.8 Å². The van der Waals surface area contributed by atoms with Crippen LogP contribution in [0.15, 0.2) is 11.6 Å². The molecule has 0 saturated carbocycles. The molecule has 0 heterocycles. The summed E-state index contributed by atoms with van der Waals surface area (Å²) in [6.07, 6.45) is -3.55. The Morgan fingerprint density at radius 3 is 2.00 bits per heavy atom. The second-order valence-electron chi connectivity index (χ2n) is 7.16. The molecule has 0 rings (SSSR count). The molecular weight excluding hydrogens is 437 g/mol. The van der Waals surface area contributed by atoms with Crippen LogP contribution in [-0.4, -0.2) is 65.6 Å². The third-order valence-electron chi connectivity index (χ3n) is 4.19. The number of carboxylic acids is 1. The summed E-state index contributed by atoms with van der Waals surface area (Å²) in [6.45, 7) is 4.65. The number of unbranched alkanes of at least 4 members (excludes halogenated alkanes) is 1. The molecule has 0 aromatic carbocycles. The summed E-state index contributed by atoms with van der Waals surface area (Å²) in [5.74, 6) is -4.07. The van der Waals surface area contributed by atoms with Crippen LogP contribution in [0.3, 0.4) is 0 Å². The molecule has 0 aromatic heterocycles. The normalized spacial score (nSPS) is 14.5. The van der Waals surface area contributed by atoms with Gasteiger partial charge in [-0.05, 0) is 40.0 Å². The first kappa shape index (κ1) is 28.9. The van der Waals surface area contributed by atoms with Crippen molar-refractivity contribution in [1.82, 2.24) is 21.3 Å². The average Bonchev–Trinajstić information content (AvgIpc) is 2.64. The van der Waals surface area contributed by atoms with Crippen molar-refractivity contribution in [2.24, 2.45) is 0 Å². The van der Waals surface area contributed by atoms with Gasteiger partial charge in [0.1, 0.15) is 18.1 Å². The lowest BCUT2D eigenvalue weighted by Crippen LogP contribution is -2.54. The van der Waals surface area contributed by atoms with E-state index in [0.717, 1.165) is 6.92 Å². The fraction of sp³-hybridized carbons (Fsp3) is 0.632. The number of hydrogen-bond acceptors (Lipinski definition) is 5. The number of nitrogens with one attached hydrogen (secondary N) is 4. The van der Waals surface area contributed by atoms with Gasteiger partial charge >= 0.3 is 12.1 Å². The van der Waals surface area contributed by atoms with Crippen molar-refractivity contribution in [2.45, 2.75) is 71.3 Å². The molecule has 5 N–H and O–H groups in total. The van der Waals surface area contributed by atoms with Crippen LogP contribution in [0.2, 0.25) is 0 Å². The van der Waals surface area contributed by atoms with Gasteiger partial charge in [-0.25, -0.2) is 0 Å². The number of aliphatic carboxylic acids is 1. The number of carbonyl (C=O) groups excluding carboxylic acids is 4. The molecule has 0 saturated heterocycles. The Kier molecular flexibility index (Phi) is 12.0. The fourth-order valence-corrected chi connectivity index (χ4v) is 2.33. The Morgan fingerprint density at radius 1 is 0.906 bits per heavy atom. The van der Waals surface area contributed by atoms with Crippen LogP contribution in [0.4, 0.5) is 13.2 Å². The zero-order valence-corrected chi connectivity index (χ0v) is 18.3. The maximum absolute atomic E-state index is 12.4. The van der Waals surface area contributed by atoms with E-state index in [4.69, 9.17) is 5.11 Å². The van der Waals surface area contributed by atoms with E-state index >= 15 is 0 Å². The third-order valence-corrected chi connectivity index (χ3v) is 4.19. The number of carbonyl (C=O) groups is 5. The van der Waals surface area contributed by atoms with Crippen LogP contribution in [0.25, 0.3) is 0 Å². The molecule has 0 aliphatic rings. The molecule has 3 atom stereocenters. The highest BCUT2D eigenvalue weighted by atomic mass is 19.4. The number of carboxylic acid groups (broad SMARTS) is 1. The highest BCUT2D eigenvalue weighted by molar-refractivity contribution is 5.92. The van der Waals surface area contributed by atoms with E-state index in [1.807, 2.05) is 0 Å². The van der Waals surface area contributed by atoms with E-state index in [-0.39, 0.29) is 25.8 Å². The van der Waals surface area contributed by atoms with Gasteiger partial charge < -0.3 is 26.4 Å². The molecule has 0 aliphatic carbocycles. The molecule has 10 nitrogen and oxygen atoms in total. The average molecular weight is 466 g/mol. The fourth-order valence-electron chi connectivity index (χ4n) is 2.33. The molecule has 32 heavy (non-hydrogen) atoms. The first-order valence-electron chi connectivity index (χ1n) is 9.79. The predicted octanol–water partition coefficient (Wildman–Crippen LogP) is 0.380. The quantitative estimate of drug-likeness (QED) is 0.207. The molecule has 13 heteroatoms. The minimum absolute atomic E-state index is 0.0244. The second kappa shape index (κ2) is 13.3. The molecule has 0 aromatic rings. The molecule has 0 radical (unpaired) electrons. The van der Waals surface area contributed by atoms with E-state index in [2.05, 4.69) is 21.3 Å². The van der Waals surface area contributed by atoms with Crippen molar-refractivity contribution in [1.29, 1.82) is 0 Å². The molecule has 0 unspecified atom stereocenters. The Bertz CT molecular complexity index is 739. The smallest absolute Gasteiger partial charge is 0.412 e. The van der Waals surface area contributed by atoms with Gasteiger partial charge in [-0.3, -0.25) is 24.0 Å². The number of rotatable bonds is 12. The van der Waals surface area contributed by atoms with Gasteiger partial charge in [0.15, 0.2) is 0 Å². The van der Waals surface area contributed by atoms with Crippen molar-refractivity contribution in [2.75, 3.05) is 6.54 Å². The molecule has 0 fully saturated rings. The number of allylic oxidation sites excluding steroid dienone is 1. The van der Waals surface area contributed by atoms with Gasteiger partial charge in [-0.15, -0.1) is 0 Å². The lowest BCUT2D eigenvalue weighted by Gasteiger charge is -2.22. The van der Waals surface area contributed by atoms with E-state index in [0.29, 0.717) is 6.08 Å². The Morgan fingerprint density at radius 2 is 1.50 bits per heavy atom. The lowest BCUT2D eigenvalue weighted by molar-refractivity contribution is -0.141. The van der Waals surface area contributed by atoms with E-state index in [1.54, 1.807) is 0 Å². The van der Waals surface area contributed by atoms with Crippen LogP contribution >= 0.6 is 0 Å². The van der Waals surface area contributed by atoms with Crippen LogP contribution in [0, 0.1) is 0 Å². The highest BCUT2D eigenvalue weighted by Crippen LogP contribution is 2.24. The van der Waals surface area contributed by atoms with Crippen LogP contribution < -0.4 is 21.3 Å². The number of halogens is 3. The summed E-state index contributed by atoms with van der Waals surface area (Å²) in [5, 5.41) is 18.2. The van der Waals surface area contributed by atoms with Crippen molar-refractivity contribution in [3.63, 3.8) is 0 Å². The molecule has 182 valence electrons. The van der Waals surface area contributed by atoms with E-state index < -0.39 is 59.5 Å². The SMILES string of the molecule is CC(=O)N[C@@H](C)C(=O)N[C@@H](CCCCNC(=O)/C=C(/C)C(F)(F)F)C(=O)N[C@@H](C)C(=O)O. The van der Waals surface area contributed by atoms with Gasteiger partial charge in [0.2, 0.25) is 23.6 Å². The van der Waals surface area contributed by atoms with Crippen molar-refractivity contribution >= 4 is 29.6 Å². The molecular formula is C19H29F3N4O6. The maximum atomic E-state index is 12.4. The molecule has 0 bridgehead atoms. The molecule has 0 aliphatic heterocycles. The number of hydrogen-bond donors (Lipinski definition) is 5. The zero-order valence-electron chi connectivity index (χ0n) is 18.3. The number of alkyl halides is 3. The van der Waals surface area contributed by atoms with Gasteiger partial charge in [-0.1, -0.05) is 0 Å². The topological polar surface area (TPSA) is 154 Å². The predicted molar refractivity (Wildman–Crippen MR) is 107 cm³/mol. The lowest BCUT2D eigenvalue weighted by atomic mass is 10.1. The second-order valence-corrected chi connectivity index (χ2v) is 7.16. The summed E-state index contributed by atoms with van der Waals surface area (Å²) in [4.78, 5) is 58.1. The van der Waals surface area contributed by atoms with Crippen LogP contribution in [0.5, 0.6) is 0 Å². The van der Waals surface area contributed by atoms with Crippen LogP contribution in [0.1, 0.15) is 47.0 Å². The monoisotopic (exact) mass is 466 g/mol. The van der Waals surface area contributed by atoms with Crippen molar-refractivity contribution in [3.8, 4) is 0 Å². The number of amides is 4. The first-order valence-corrected chi connectivity index (χ1v) is 9.79.